The molecular weight excluding hydrogens is 340 g/mol. The van der Waals surface area contributed by atoms with Crippen LogP contribution in [0.1, 0.15) is 20.7 Å². The molecule has 134 valence electrons. The van der Waals surface area contributed by atoms with Gasteiger partial charge in [0.1, 0.15) is 22.6 Å². The smallest absolute Gasteiger partial charge is 0.339 e. The first kappa shape index (κ1) is 20.1. The first-order chi connectivity index (χ1) is 12.4. The van der Waals surface area contributed by atoms with Crippen molar-refractivity contribution in [3.05, 3.63) is 84.4 Å². The molecule has 0 fully saturated rings. The Bertz CT molecular complexity index is 701. The lowest BCUT2D eigenvalue weighted by molar-refractivity contribution is 0.0675. The third-order valence-electron chi connectivity index (χ3n) is 2.71. The Morgan fingerprint density at radius 2 is 0.923 bits per heavy atom. The second kappa shape index (κ2) is 10.8. The van der Waals surface area contributed by atoms with E-state index in [2.05, 4.69) is 9.97 Å². The molecule has 3 rings (SSSR count). The van der Waals surface area contributed by atoms with Crippen molar-refractivity contribution in [1.82, 2.24) is 9.97 Å². The van der Waals surface area contributed by atoms with E-state index in [4.69, 9.17) is 20.4 Å². The van der Waals surface area contributed by atoms with Gasteiger partial charge in [0.25, 0.3) is 0 Å². The summed E-state index contributed by atoms with van der Waals surface area (Å²) in [6.07, 6.45) is 7.00. The van der Waals surface area contributed by atoms with Crippen LogP contribution in [0.15, 0.2) is 73.3 Å². The van der Waals surface area contributed by atoms with Crippen molar-refractivity contribution in [2.24, 2.45) is 0 Å². The summed E-state index contributed by atoms with van der Waals surface area (Å²) in [5, 5.41) is 35.2. The Morgan fingerprint density at radius 3 is 1.08 bits per heavy atom. The van der Waals surface area contributed by atoms with E-state index >= 15 is 0 Å². The molecule has 0 bridgehead atoms. The molecule has 0 aliphatic rings. The lowest BCUT2D eigenvalue weighted by atomic mass is 10.1. The number of benzene rings is 1. The summed E-state index contributed by atoms with van der Waals surface area (Å²) in [4.78, 5) is 28.4. The maximum Gasteiger partial charge on any atom is 0.339 e. The van der Waals surface area contributed by atoms with Crippen LogP contribution in [0.25, 0.3) is 0 Å². The summed E-state index contributed by atoms with van der Waals surface area (Å²) < 4.78 is 0. The number of hydrogen-bond acceptors (Lipinski definition) is 6. The molecule has 0 atom stereocenters. The highest BCUT2D eigenvalue weighted by molar-refractivity contribution is 5.96. The van der Waals surface area contributed by atoms with Crippen LogP contribution < -0.4 is 0 Å². The van der Waals surface area contributed by atoms with Gasteiger partial charge in [-0.15, -0.1) is 0 Å². The Balaban J connectivity index is 0.000000230. The zero-order valence-corrected chi connectivity index (χ0v) is 13.4. The van der Waals surface area contributed by atoms with Crippen molar-refractivity contribution in [2.75, 3.05) is 0 Å². The molecule has 8 nitrogen and oxygen atoms in total. The van der Waals surface area contributed by atoms with E-state index in [-0.39, 0.29) is 0 Å². The molecule has 0 unspecified atom stereocenters. The second-order valence-electron chi connectivity index (χ2n) is 4.55. The van der Waals surface area contributed by atoms with Crippen LogP contribution in [0.3, 0.4) is 0 Å². The van der Waals surface area contributed by atoms with Gasteiger partial charge in [-0.3, -0.25) is 9.97 Å². The SMILES string of the molecule is O=C(O)c1cc(O)c(C(=O)O)cc1O.c1ccncc1.c1ccncc1. The molecule has 2 heterocycles. The van der Waals surface area contributed by atoms with E-state index in [0.717, 1.165) is 0 Å². The molecule has 3 aromatic rings. The minimum atomic E-state index is -1.45. The average Bonchev–Trinajstić information content (AvgIpc) is 2.66. The fraction of sp³-hybridized carbons (Fsp3) is 0. The second-order valence-corrected chi connectivity index (χ2v) is 4.55. The number of carboxylic acids is 2. The molecule has 0 saturated heterocycles. The number of carboxylic acid groups (broad SMARTS) is 2. The molecule has 0 radical (unpaired) electrons. The monoisotopic (exact) mass is 356 g/mol. The summed E-state index contributed by atoms with van der Waals surface area (Å²) in [5.74, 6) is -4.30. The molecule has 0 amide bonds. The largest absolute Gasteiger partial charge is 0.507 e. The Labute approximate surface area is 148 Å². The minimum Gasteiger partial charge on any atom is -0.507 e. The van der Waals surface area contributed by atoms with Gasteiger partial charge in [-0.25, -0.2) is 9.59 Å². The van der Waals surface area contributed by atoms with E-state index in [0.29, 0.717) is 12.1 Å². The number of phenols is 2. The normalized spacial score (nSPS) is 8.92. The molecule has 0 aliphatic carbocycles. The lowest BCUT2D eigenvalue weighted by Gasteiger charge is -2.03. The molecule has 0 spiro atoms. The summed E-state index contributed by atoms with van der Waals surface area (Å²) in [5.41, 5.74) is -1.10. The quantitative estimate of drug-likeness (QED) is 0.514. The maximum absolute atomic E-state index is 10.4. The van der Waals surface area contributed by atoms with Crippen LogP contribution >= 0.6 is 0 Å². The molecule has 4 N–H and O–H groups in total. The fourth-order valence-electron chi connectivity index (χ4n) is 1.54. The van der Waals surface area contributed by atoms with Crippen molar-refractivity contribution < 1.29 is 30.0 Å². The lowest BCUT2D eigenvalue weighted by Crippen LogP contribution is -2.01. The number of aromatic nitrogens is 2. The number of pyridine rings is 2. The van der Waals surface area contributed by atoms with Gasteiger partial charge in [0.15, 0.2) is 0 Å². The van der Waals surface area contributed by atoms with Crippen LogP contribution in [0.2, 0.25) is 0 Å². The van der Waals surface area contributed by atoms with E-state index in [1.807, 2.05) is 36.4 Å². The molecule has 2 aromatic heterocycles. The Hall–Kier alpha value is -3.94. The van der Waals surface area contributed by atoms with Crippen LogP contribution in [-0.2, 0) is 0 Å². The predicted octanol–water partition coefficient (Wildman–Crippen LogP) is 2.66. The predicted molar refractivity (Wildman–Crippen MR) is 92.2 cm³/mol. The number of hydrogen-bond donors (Lipinski definition) is 4. The first-order valence-electron chi connectivity index (χ1n) is 7.16. The van der Waals surface area contributed by atoms with E-state index in [1.165, 1.54) is 0 Å². The van der Waals surface area contributed by atoms with Gasteiger partial charge in [0.05, 0.1) is 0 Å². The van der Waals surface area contributed by atoms with Gasteiger partial charge < -0.3 is 20.4 Å². The van der Waals surface area contributed by atoms with Gasteiger partial charge >= 0.3 is 11.9 Å². The Morgan fingerprint density at radius 1 is 0.615 bits per heavy atom. The molecular formula is C18H16N2O6. The van der Waals surface area contributed by atoms with Crippen LogP contribution in [0, 0.1) is 0 Å². The summed E-state index contributed by atoms with van der Waals surface area (Å²) in [6.45, 7) is 0. The van der Waals surface area contributed by atoms with Crippen LogP contribution in [0.4, 0.5) is 0 Å². The van der Waals surface area contributed by atoms with Crippen LogP contribution in [-0.4, -0.2) is 42.3 Å². The van der Waals surface area contributed by atoms with Crippen molar-refractivity contribution in [3.63, 3.8) is 0 Å². The van der Waals surface area contributed by atoms with Gasteiger partial charge in [0.2, 0.25) is 0 Å². The average molecular weight is 356 g/mol. The Kier molecular flexibility index (Phi) is 8.32. The summed E-state index contributed by atoms with van der Waals surface area (Å²) in [7, 11) is 0. The maximum atomic E-state index is 10.4. The number of aromatic hydroxyl groups is 2. The third-order valence-corrected chi connectivity index (χ3v) is 2.71. The molecule has 1 aromatic carbocycles. The zero-order valence-electron chi connectivity index (χ0n) is 13.4. The highest BCUT2D eigenvalue weighted by Crippen LogP contribution is 2.27. The van der Waals surface area contributed by atoms with Gasteiger partial charge in [0, 0.05) is 24.8 Å². The van der Waals surface area contributed by atoms with Gasteiger partial charge in [-0.2, -0.15) is 0 Å². The molecule has 8 heteroatoms. The van der Waals surface area contributed by atoms with E-state index in [9.17, 15) is 9.59 Å². The minimum absolute atomic E-state index is 0.549. The highest BCUT2D eigenvalue weighted by Gasteiger charge is 2.17. The zero-order chi connectivity index (χ0) is 19.4. The summed E-state index contributed by atoms with van der Waals surface area (Å²) in [6, 6.07) is 12.8. The molecule has 26 heavy (non-hydrogen) atoms. The number of nitrogens with zero attached hydrogens (tertiary/aromatic N) is 2. The number of carbonyl (C=O) groups is 2. The molecule has 0 aliphatic heterocycles. The van der Waals surface area contributed by atoms with E-state index in [1.54, 1.807) is 24.8 Å². The standard InChI is InChI=1S/C8H6O6.2C5H5N/c9-5-1-3(7(11)12)6(10)2-4(5)8(13)14;2*1-2-4-6-5-3-1/h1-2,9-10H,(H,11,12)(H,13,14);2*1-5H. The first-order valence-corrected chi connectivity index (χ1v) is 7.16. The highest BCUT2D eigenvalue weighted by atomic mass is 16.4. The van der Waals surface area contributed by atoms with Crippen molar-refractivity contribution in [1.29, 1.82) is 0 Å². The van der Waals surface area contributed by atoms with Crippen LogP contribution in [0.5, 0.6) is 11.5 Å². The van der Waals surface area contributed by atoms with Gasteiger partial charge in [-0.05, 0) is 36.4 Å². The number of rotatable bonds is 2. The van der Waals surface area contributed by atoms with Crippen molar-refractivity contribution >= 4 is 11.9 Å². The van der Waals surface area contributed by atoms with Gasteiger partial charge in [-0.1, -0.05) is 12.1 Å². The summed E-state index contributed by atoms with van der Waals surface area (Å²) >= 11 is 0. The fourth-order valence-corrected chi connectivity index (χ4v) is 1.54. The van der Waals surface area contributed by atoms with Crippen molar-refractivity contribution in [3.8, 4) is 11.5 Å². The third kappa shape index (κ3) is 7.09. The topological polar surface area (TPSA) is 141 Å². The molecule has 0 saturated carbocycles. The van der Waals surface area contributed by atoms with E-state index < -0.39 is 34.6 Å². The van der Waals surface area contributed by atoms with Crippen molar-refractivity contribution in [2.45, 2.75) is 0 Å². The number of aromatic carboxylic acids is 2.